The predicted octanol–water partition coefficient (Wildman–Crippen LogP) is -11.8. The Kier molecular flexibility index (Phi) is 20.2. The minimum atomic E-state index is -2.15. The first kappa shape index (κ1) is 58.1. The Labute approximate surface area is 403 Å². The summed E-state index contributed by atoms with van der Waals surface area (Å²) in [6.07, 6.45) is -52.0. The molecule has 31 heteroatoms. The maximum Gasteiger partial charge on any atom is 0.217 e. The SMILES string of the molecule is CC(=O)N[C@@H]1[C@@H](O[C@@H]2O[C@H](CO)[C@H](O)[C@H](O[C@@H]3O[C@H](CO)[C@H](O)[C@H](O)[C@H]3O[C@@H]3O[C@@H](C)[C@@H](O)[C@@H](O)[C@@H]3O)[C@H]2O[C@@H]2O[C@@H](C)[C@@H](O)[C@@H](O)[C@@H]2O)[C@@H](O)[C@@H](CO[C@@H]2O[C@H](CO)[C@@H](O)[C@H](O)[C@H]2NC(C)=O)O[C@@H]1O. The van der Waals surface area contributed by atoms with Gasteiger partial charge < -0.3 is 144 Å². The zero-order valence-electron chi connectivity index (χ0n) is 38.6. The van der Waals surface area contributed by atoms with Gasteiger partial charge in [0.05, 0.1) is 38.6 Å². The van der Waals surface area contributed by atoms with Gasteiger partial charge >= 0.3 is 0 Å². The molecule has 0 radical (unpaired) electrons. The van der Waals surface area contributed by atoms with Gasteiger partial charge in [-0.25, -0.2) is 0 Å². The van der Waals surface area contributed by atoms with Crippen LogP contribution < -0.4 is 10.6 Å². The minimum absolute atomic E-state index is 0.701. The standard InChI is InChI=1S/C40H68N2O29/c1-9-19(48)26(55)29(58)37(62-9)70-33-28(57)22(51)14(6-44)66-39(33)69-32-23(52)15(7-45)67-40(34(32)71-38-30(59)27(56)20(49)10(2)63-38)68-31-18(42-12(4)47)35(60)64-16(24(31)53)8-61-36-17(41-11(3)46)25(54)21(50)13(5-43)65-36/h9-10,13-40,43-45,48-60H,5-8H2,1-4H3,(H,41,46)(H,42,47)/t9-,10-,13+,14+,15+,16+,17+,18+,19+,20+,21+,22-,23-,24-,25+,26+,27+,28-,29-,30-,31+,32-,33+,34+,35-,36+,37-,38-,39-,40-/m0/s1. The number of hydrogen-bond acceptors (Lipinski definition) is 29. The van der Waals surface area contributed by atoms with Crippen LogP contribution in [0.5, 0.6) is 0 Å². The zero-order chi connectivity index (χ0) is 52.5. The van der Waals surface area contributed by atoms with Gasteiger partial charge in [-0.2, -0.15) is 0 Å². The molecule has 0 saturated carbocycles. The smallest absolute Gasteiger partial charge is 0.217 e. The van der Waals surface area contributed by atoms with Gasteiger partial charge in [0, 0.05) is 13.8 Å². The van der Waals surface area contributed by atoms with Crippen LogP contribution in [0.1, 0.15) is 27.7 Å². The van der Waals surface area contributed by atoms with E-state index in [1.165, 1.54) is 13.8 Å². The molecular formula is C40H68N2O29. The van der Waals surface area contributed by atoms with Crippen molar-refractivity contribution in [2.45, 2.75) is 212 Å². The Morgan fingerprint density at radius 3 is 1.31 bits per heavy atom. The van der Waals surface area contributed by atoms with Gasteiger partial charge in [-0.1, -0.05) is 0 Å². The van der Waals surface area contributed by atoms with Crippen LogP contribution in [0.3, 0.4) is 0 Å². The molecule has 0 aromatic heterocycles. The molecule has 6 heterocycles. The number of aliphatic hydroxyl groups is 16. The molecule has 6 aliphatic heterocycles. The fourth-order valence-corrected chi connectivity index (χ4v) is 9.06. The van der Waals surface area contributed by atoms with E-state index in [1.807, 2.05) is 0 Å². The summed E-state index contributed by atoms with van der Waals surface area (Å²) in [5.41, 5.74) is 0. The third kappa shape index (κ3) is 12.6. The summed E-state index contributed by atoms with van der Waals surface area (Å²) in [4.78, 5) is 24.6. The second-order valence-electron chi connectivity index (χ2n) is 18.2. The topological polar surface area (TPSA) is 483 Å². The number of aliphatic hydroxyl groups excluding tert-OH is 16. The van der Waals surface area contributed by atoms with E-state index in [4.69, 9.17) is 52.1 Å². The highest BCUT2D eigenvalue weighted by molar-refractivity contribution is 5.73. The molecule has 0 unspecified atom stereocenters. The Morgan fingerprint density at radius 2 is 0.803 bits per heavy atom. The van der Waals surface area contributed by atoms with Crippen molar-refractivity contribution in [1.29, 1.82) is 0 Å². The van der Waals surface area contributed by atoms with Crippen LogP contribution in [-0.4, -0.2) is 304 Å². The third-order valence-corrected chi connectivity index (χ3v) is 13.1. The molecule has 30 atom stereocenters. The van der Waals surface area contributed by atoms with Gasteiger partial charge in [0.1, 0.15) is 134 Å². The zero-order valence-corrected chi connectivity index (χ0v) is 38.6. The van der Waals surface area contributed by atoms with E-state index in [1.54, 1.807) is 0 Å². The molecule has 71 heavy (non-hydrogen) atoms. The lowest BCUT2D eigenvalue weighted by Crippen LogP contribution is -2.70. The lowest BCUT2D eigenvalue weighted by Gasteiger charge is -2.51. The summed E-state index contributed by atoms with van der Waals surface area (Å²) in [5.74, 6) is -1.52. The maximum absolute atomic E-state index is 12.6. The van der Waals surface area contributed by atoms with Crippen molar-refractivity contribution in [3.63, 3.8) is 0 Å². The number of amides is 2. The Bertz CT molecular complexity index is 1710. The molecule has 412 valence electrons. The molecule has 6 rings (SSSR count). The number of rotatable bonds is 16. The molecule has 6 fully saturated rings. The van der Waals surface area contributed by atoms with E-state index in [2.05, 4.69) is 10.6 Å². The molecule has 2 amide bonds. The molecule has 0 spiro atoms. The monoisotopic (exact) mass is 1040 g/mol. The van der Waals surface area contributed by atoms with Crippen LogP contribution in [0.4, 0.5) is 0 Å². The lowest BCUT2D eigenvalue weighted by atomic mass is 9.94. The second kappa shape index (κ2) is 24.7. The van der Waals surface area contributed by atoms with Gasteiger partial charge in [0.15, 0.2) is 37.7 Å². The Morgan fingerprint density at radius 1 is 0.394 bits per heavy atom. The molecule has 0 bridgehead atoms. The number of carbonyl (C=O) groups excluding carboxylic acids is 2. The summed E-state index contributed by atoms with van der Waals surface area (Å²) >= 11 is 0. The lowest BCUT2D eigenvalue weighted by molar-refractivity contribution is -0.410. The maximum atomic E-state index is 12.6. The van der Waals surface area contributed by atoms with E-state index < -0.39 is 222 Å². The molecule has 0 aromatic rings. The van der Waals surface area contributed by atoms with Crippen molar-refractivity contribution in [2.24, 2.45) is 0 Å². The number of hydrogen-bond donors (Lipinski definition) is 18. The van der Waals surface area contributed by atoms with Crippen LogP contribution in [0.2, 0.25) is 0 Å². The van der Waals surface area contributed by atoms with Crippen LogP contribution in [0.15, 0.2) is 0 Å². The van der Waals surface area contributed by atoms with Crippen molar-refractivity contribution in [2.75, 3.05) is 26.4 Å². The fourth-order valence-electron chi connectivity index (χ4n) is 9.06. The number of carbonyl (C=O) groups is 2. The van der Waals surface area contributed by atoms with Gasteiger partial charge in [-0.05, 0) is 13.8 Å². The first-order chi connectivity index (χ1) is 33.4. The number of nitrogens with one attached hydrogen (secondary N) is 2. The molecule has 31 nitrogen and oxygen atoms in total. The van der Waals surface area contributed by atoms with Crippen molar-refractivity contribution < 1.29 is 143 Å². The van der Waals surface area contributed by atoms with E-state index in [0.29, 0.717) is 0 Å². The van der Waals surface area contributed by atoms with E-state index in [-0.39, 0.29) is 0 Å². The first-order valence-electron chi connectivity index (χ1n) is 22.8. The summed E-state index contributed by atoms with van der Waals surface area (Å²) < 4.78 is 64.3. The Balaban J connectivity index is 1.36. The highest BCUT2D eigenvalue weighted by Gasteiger charge is 2.58. The second-order valence-corrected chi connectivity index (χ2v) is 18.2. The molecular weight excluding hydrogens is 972 g/mol. The fraction of sp³-hybridized carbons (Fsp3) is 0.950. The van der Waals surface area contributed by atoms with Crippen molar-refractivity contribution in [1.82, 2.24) is 10.6 Å². The van der Waals surface area contributed by atoms with E-state index in [0.717, 1.165) is 13.8 Å². The first-order valence-corrected chi connectivity index (χ1v) is 22.8. The highest BCUT2D eigenvalue weighted by Crippen LogP contribution is 2.38. The van der Waals surface area contributed by atoms with Gasteiger partial charge in [0.2, 0.25) is 11.8 Å². The molecule has 6 aliphatic rings. The molecule has 18 N–H and O–H groups in total. The summed E-state index contributed by atoms with van der Waals surface area (Å²) in [6, 6.07) is -3.22. The highest BCUT2D eigenvalue weighted by atomic mass is 16.8. The summed E-state index contributed by atoms with van der Waals surface area (Å²) in [5, 5.41) is 178. The predicted molar refractivity (Wildman–Crippen MR) is 220 cm³/mol. The summed E-state index contributed by atoms with van der Waals surface area (Å²) in [6.45, 7) is 1.03. The van der Waals surface area contributed by atoms with Crippen LogP contribution in [0.25, 0.3) is 0 Å². The average Bonchev–Trinajstić information content (AvgIpc) is 3.32. The minimum Gasteiger partial charge on any atom is -0.394 e. The largest absolute Gasteiger partial charge is 0.394 e. The van der Waals surface area contributed by atoms with Crippen LogP contribution >= 0.6 is 0 Å². The third-order valence-electron chi connectivity index (χ3n) is 13.1. The van der Waals surface area contributed by atoms with E-state index >= 15 is 0 Å². The normalized spacial score (nSPS) is 50.8. The van der Waals surface area contributed by atoms with E-state index in [9.17, 15) is 91.3 Å². The average molecular weight is 1040 g/mol. The van der Waals surface area contributed by atoms with Crippen LogP contribution in [-0.2, 0) is 61.7 Å². The summed E-state index contributed by atoms with van der Waals surface area (Å²) in [7, 11) is 0. The van der Waals surface area contributed by atoms with Crippen molar-refractivity contribution in [3.8, 4) is 0 Å². The Hall–Kier alpha value is -2.14. The van der Waals surface area contributed by atoms with Crippen molar-refractivity contribution in [3.05, 3.63) is 0 Å². The van der Waals surface area contributed by atoms with Gasteiger partial charge in [-0.3, -0.25) is 9.59 Å². The quantitative estimate of drug-likeness (QED) is 0.0682. The molecule has 0 aliphatic carbocycles. The van der Waals surface area contributed by atoms with Crippen LogP contribution in [0, 0.1) is 0 Å². The van der Waals surface area contributed by atoms with Gasteiger partial charge in [0.25, 0.3) is 0 Å². The molecule has 6 saturated heterocycles. The number of ether oxygens (including phenoxy) is 11. The molecule has 0 aromatic carbocycles. The van der Waals surface area contributed by atoms with Gasteiger partial charge in [-0.15, -0.1) is 0 Å². The van der Waals surface area contributed by atoms with Crippen molar-refractivity contribution >= 4 is 11.8 Å².